The molecule has 16 heavy (non-hydrogen) atoms. The van der Waals surface area contributed by atoms with E-state index in [0.717, 1.165) is 0 Å². The molecule has 2 atom stereocenters. The molecule has 0 spiro atoms. The van der Waals surface area contributed by atoms with Crippen LogP contribution in [0.5, 0.6) is 0 Å². The predicted octanol–water partition coefficient (Wildman–Crippen LogP) is 2.00. The summed E-state index contributed by atoms with van der Waals surface area (Å²) < 4.78 is 17.9. The number of aromatic nitrogens is 1. The van der Waals surface area contributed by atoms with Crippen LogP contribution in [0.4, 0.5) is 15.2 Å². The first-order valence-corrected chi connectivity index (χ1v) is 5.27. The van der Waals surface area contributed by atoms with Crippen molar-refractivity contribution in [2.75, 3.05) is 5.32 Å². The molecular weight excluding hydrogens is 213 g/mol. The number of aryl methyl sites for hydroxylation is 1. The Morgan fingerprint density at radius 3 is 3.00 bits per heavy atom. The largest absolute Gasteiger partial charge is 0.429 e. The maximum absolute atomic E-state index is 12.9. The zero-order valence-electron chi connectivity index (χ0n) is 9.00. The van der Waals surface area contributed by atoms with Crippen LogP contribution < -0.4 is 10.6 Å². The highest BCUT2D eigenvalue weighted by atomic mass is 19.1. The molecule has 6 heteroatoms. The maximum Gasteiger partial charge on any atom is 0.323 e. The van der Waals surface area contributed by atoms with Crippen molar-refractivity contribution in [2.24, 2.45) is 0 Å². The van der Waals surface area contributed by atoms with Gasteiger partial charge in [-0.25, -0.2) is 14.2 Å². The van der Waals surface area contributed by atoms with Gasteiger partial charge < -0.3 is 9.73 Å². The maximum atomic E-state index is 12.9. The van der Waals surface area contributed by atoms with Gasteiger partial charge in [0.2, 0.25) is 0 Å². The number of urea groups is 1. The summed E-state index contributed by atoms with van der Waals surface area (Å²) in [5, 5.41) is 5.13. The van der Waals surface area contributed by atoms with E-state index in [1.807, 2.05) is 0 Å². The third-order valence-corrected chi connectivity index (χ3v) is 2.55. The molecule has 1 aromatic heterocycles. The Bertz CT molecular complexity index is 380. The van der Waals surface area contributed by atoms with Gasteiger partial charge in [-0.05, 0) is 26.2 Å². The molecule has 2 rings (SSSR count). The van der Waals surface area contributed by atoms with Crippen LogP contribution in [-0.4, -0.2) is 23.2 Å². The van der Waals surface area contributed by atoms with Gasteiger partial charge in [0.15, 0.2) is 0 Å². The molecule has 1 aliphatic carbocycles. The molecule has 0 unspecified atom stereocenters. The highest BCUT2D eigenvalue weighted by molar-refractivity contribution is 5.87. The van der Waals surface area contributed by atoms with Crippen LogP contribution >= 0.6 is 0 Å². The van der Waals surface area contributed by atoms with Crippen molar-refractivity contribution < 1.29 is 13.6 Å². The summed E-state index contributed by atoms with van der Waals surface area (Å²) >= 11 is 0. The van der Waals surface area contributed by atoms with Gasteiger partial charge in [0, 0.05) is 6.04 Å². The Hall–Kier alpha value is -1.59. The molecule has 0 aromatic carbocycles. The van der Waals surface area contributed by atoms with E-state index < -0.39 is 12.2 Å². The third kappa shape index (κ3) is 2.71. The number of alkyl halides is 1. The average molecular weight is 227 g/mol. The summed E-state index contributed by atoms with van der Waals surface area (Å²) in [7, 11) is 0. The third-order valence-electron chi connectivity index (χ3n) is 2.55. The quantitative estimate of drug-likeness (QED) is 0.811. The molecule has 2 amide bonds. The topological polar surface area (TPSA) is 67.2 Å². The van der Waals surface area contributed by atoms with Gasteiger partial charge in [0.05, 0.1) is 6.20 Å². The zero-order valence-corrected chi connectivity index (χ0v) is 9.00. The fourth-order valence-corrected chi connectivity index (χ4v) is 1.79. The predicted molar refractivity (Wildman–Crippen MR) is 55.9 cm³/mol. The van der Waals surface area contributed by atoms with Crippen LogP contribution in [0.3, 0.4) is 0 Å². The first-order valence-electron chi connectivity index (χ1n) is 5.27. The fraction of sp³-hybridized carbons (Fsp3) is 0.600. The number of hydrogen-bond acceptors (Lipinski definition) is 3. The number of nitrogens with one attached hydrogen (secondary N) is 2. The van der Waals surface area contributed by atoms with E-state index in [9.17, 15) is 9.18 Å². The minimum atomic E-state index is -0.797. The van der Waals surface area contributed by atoms with Crippen LogP contribution in [-0.2, 0) is 0 Å². The molecule has 0 aliphatic heterocycles. The van der Waals surface area contributed by atoms with Crippen molar-refractivity contribution in [3.63, 3.8) is 0 Å². The molecule has 0 bridgehead atoms. The van der Waals surface area contributed by atoms with Crippen molar-refractivity contribution in [3.05, 3.63) is 12.0 Å². The van der Waals surface area contributed by atoms with E-state index in [2.05, 4.69) is 15.6 Å². The number of amides is 2. The average Bonchev–Trinajstić information content (AvgIpc) is 2.76. The Labute approximate surface area is 92.4 Å². The number of rotatable bonds is 2. The van der Waals surface area contributed by atoms with Gasteiger partial charge in [-0.3, -0.25) is 5.32 Å². The Morgan fingerprint density at radius 2 is 2.44 bits per heavy atom. The first-order chi connectivity index (χ1) is 7.63. The lowest BCUT2D eigenvalue weighted by molar-refractivity contribution is 0.247. The summed E-state index contributed by atoms with van der Waals surface area (Å²) in [5.41, 5.74) is 0. The molecular formula is C10H14FN3O2. The van der Waals surface area contributed by atoms with Gasteiger partial charge in [-0.1, -0.05) is 0 Å². The lowest BCUT2D eigenvalue weighted by Crippen LogP contribution is -2.36. The van der Waals surface area contributed by atoms with Crippen molar-refractivity contribution in [3.8, 4) is 0 Å². The number of hydrogen-bond donors (Lipinski definition) is 2. The highest BCUT2D eigenvalue weighted by Gasteiger charge is 2.25. The molecule has 0 saturated heterocycles. The molecule has 1 aromatic rings. The van der Waals surface area contributed by atoms with Gasteiger partial charge in [-0.15, -0.1) is 0 Å². The minimum absolute atomic E-state index is 0.0916. The number of halogens is 1. The van der Waals surface area contributed by atoms with E-state index in [1.165, 1.54) is 6.20 Å². The Kier molecular flexibility index (Phi) is 3.07. The van der Waals surface area contributed by atoms with Crippen LogP contribution in [0.15, 0.2) is 10.6 Å². The fourth-order valence-electron chi connectivity index (χ4n) is 1.79. The number of anilines is 1. The van der Waals surface area contributed by atoms with Crippen molar-refractivity contribution in [2.45, 2.75) is 38.4 Å². The van der Waals surface area contributed by atoms with Gasteiger partial charge >= 0.3 is 12.0 Å². The van der Waals surface area contributed by atoms with E-state index in [4.69, 9.17) is 4.42 Å². The monoisotopic (exact) mass is 227 g/mol. The van der Waals surface area contributed by atoms with Gasteiger partial charge in [0.25, 0.3) is 0 Å². The van der Waals surface area contributed by atoms with E-state index >= 15 is 0 Å². The van der Waals surface area contributed by atoms with Gasteiger partial charge in [0.1, 0.15) is 11.9 Å². The van der Waals surface area contributed by atoms with Crippen molar-refractivity contribution >= 4 is 12.0 Å². The van der Waals surface area contributed by atoms with E-state index in [-0.39, 0.29) is 12.1 Å². The molecule has 0 radical (unpaired) electrons. The summed E-state index contributed by atoms with van der Waals surface area (Å²) in [6.07, 6.45) is 2.30. The summed E-state index contributed by atoms with van der Waals surface area (Å²) in [4.78, 5) is 15.3. The van der Waals surface area contributed by atoms with E-state index in [0.29, 0.717) is 25.0 Å². The second-order valence-corrected chi connectivity index (χ2v) is 3.98. The summed E-state index contributed by atoms with van der Waals surface area (Å²) in [6, 6.07) is -0.336. The molecule has 1 heterocycles. The van der Waals surface area contributed by atoms with Crippen molar-refractivity contribution in [1.82, 2.24) is 10.3 Å². The summed E-state index contributed by atoms with van der Waals surface area (Å²) in [6.45, 7) is 1.74. The van der Waals surface area contributed by atoms with E-state index in [1.54, 1.807) is 6.92 Å². The standard InChI is InChI=1S/C10H14FN3O2/c1-6-5-12-10(16-6)14-9(15)13-8-3-2-7(11)4-8/h5,7-8H,2-4H2,1H3,(H2,12,13,14,15)/t7-,8+/m1/s1. The molecule has 1 aliphatic rings. The normalized spacial score (nSPS) is 24.4. The molecule has 5 nitrogen and oxygen atoms in total. The van der Waals surface area contributed by atoms with Crippen molar-refractivity contribution in [1.29, 1.82) is 0 Å². The SMILES string of the molecule is Cc1cnc(NC(=O)N[C@H]2CC[C@@H](F)C2)o1. The lowest BCUT2D eigenvalue weighted by atomic mass is 10.2. The second-order valence-electron chi connectivity index (χ2n) is 3.98. The number of nitrogens with zero attached hydrogens (tertiary/aromatic N) is 1. The highest BCUT2D eigenvalue weighted by Crippen LogP contribution is 2.21. The summed E-state index contributed by atoms with van der Waals surface area (Å²) in [5.74, 6) is 0.625. The second kappa shape index (κ2) is 4.51. The lowest BCUT2D eigenvalue weighted by Gasteiger charge is -2.10. The van der Waals surface area contributed by atoms with Gasteiger partial charge in [-0.2, -0.15) is 0 Å². The van der Waals surface area contributed by atoms with Crippen LogP contribution in [0, 0.1) is 6.92 Å². The molecule has 1 saturated carbocycles. The molecule has 88 valence electrons. The molecule has 1 fully saturated rings. The zero-order chi connectivity index (χ0) is 11.5. The van der Waals surface area contributed by atoms with Crippen LogP contribution in [0.25, 0.3) is 0 Å². The first kappa shape index (κ1) is 10.9. The Balaban J connectivity index is 1.80. The van der Waals surface area contributed by atoms with Crippen LogP contribution in [0.2, 0.25) is 0 Å². The number of carbonyl (C=O) groups excluding carboxylic acids is 1. The van der Waals surface area contributed by atoms with Crippen LogP contribution in [0.1, 0.15) is 25.0 Å². The Morgan fingerprint density at radius 1 is 1.62 bits per heavy atom. The molecule has 2 N–H and O–H groups in total. The minimum Gasteiger partial charge on any atom is -0.429 e. The number of carbonyl (C=O) groups is 1. The number of oxazole rings is 1. The smallest absolute Gasteiger partial charge is 0.323 e.